The number of aliphatic carboxylic acids is 1. The molecule has 0 saturated heterocycles. The third-order valence-corrected chi connectivity index (χ3v) is 1.81. The number of nitrogens with one attached hydrogen (secondary N) is 2. The van der Waals surface area contributed by atoms with Crippen LogP contribution in [-0.2, 0) is 4.79 Å². The van der Waals surface area contributed by atoms with Crippen LogP contribution in [0.3, 0.4) is 0 Å². The number of hydrogen-bond donors (Lipinski definition) is 3. The lowest BCUT2D eigenvalue weighted by Gasteiger charge is -2.09. The zero-order valence-corrected chi connectivity index (χ0v) is 8.67. The summed E-state index contributed by atoms with van der Waals surface area (Å²) in [5.74, 6) is -1.45. The van der Waals surface area contributed by atoms with E-state index < -0.39 is 11.9 Å². The van der Waals surface area contributed by atoms with Gasteiger partial charge in [-0.05, 0) is 6.42 Å². The SMILES string of the molecule is CCCCNC(=O)NCC(C)C(=O)O. The van der Waals surface area contributed by atoms with Gasteiger partial charge in [0.1, 0.15) is 0 Å². The average Bonchev–Trinajstić information content (AvgIpc) is 2.14. The van der Waals surface area contributed by atoms with Crippen molar-refractivity contribution in [2.75, 3.05) is 13.1 Å². The molecule has 0 aliphatic heterocycles. The monoisotopic (exact) mass is 202 g/mol. The molecule has 0 bridgehead atoms. The van der Waals surface area contributed by atoms with Gasteiger partial charge in [-0.1, -0.05) is 20.3 Å². The Hall–Kier alpha value is -1.26. The minimum absolute atomic E-state index is 0.160. The summed E-state index contributed by atoms with van der Waals surface area (Å²) in [5.41, 5.74) is 0. The maximum atomic E-state index is 11.0. The van der Waals surface area contributed by atoms with Crippen molar-refractivity contribution in [3.63, 3.8) is 0 Å². The van der Waals surface area contributed by atoms with Crippen LogP contribution in [0.5, 0.6) is 0 Å². The Balaban J connectivity index is 3.48. The van der Waals surface area contributed by atoms with E-state index >= 15 is 0 Å². The Morgan fingerprint density at radius 2 is 2.00 bits per heavy atom. The molecule has 2 amide bonds. The zero-order chi connectivity index (χ0) is 11.0. The van der Waals surface area contributed by atoms with Crippen molar-refractivity contribution in [3.8, 4) is 0 Å². The highest BCUT2D eigenvalue weighted by Crippen LogP contribution is 1.90. The van der Waals surface area contributed by atoms with Crippen molar-refractivity contribution in [3.05, 3.63) is 0 Å². The summed E-state index contributed by atoms with van der Waals surface area (Å²) in [5, 5.41) is 13.7. The summed E-state index contributed by atoms with van der Waals surface area (Å²) < 4.78 is 0. The lowest BCUT2D eigenvalue weighted by Crippen LogP contribution is -2.39. The van der Waals surface area contributed by atoms with E-state index in [2.05, 4.69) is 10.6 Å². The third kappa shape index (κ3) is 6.28. The molecule has 0 radical (unpaired) electrons. The van der Waals surface area contributed by atoms with Crippen LogP contribution < -0.4 is 10.6 Å². The first-order valence-electron chi connectivity index (χ1n) is 4.82. The summed E-state index contributed by atoms with van der Waals surface area (Å²) in [6, 6.07) is -0.299. The highest BCUT2D eigenvalue weighted by atomic mass is 16.4. The van der Waals surface area contributed by atoms with E-state index in [1.807, 2.05) is 6.92 Å². The molecule has 0 aromatic carbocycles. The molecule has 0 aliphatic carbocycles. The highest BCUT2D eigenvalue weighted by molar-refractivity contribution is 5.75. The van der Waals surface area contributed by atoms with Gasteiger partial charge < -0.3 is 15.7 Å². The van der Waals surface area contributed by atoms with Crippen LogP contribution in [0.1, 0.15) is 26.7 Å². The molecular weight excluding hydrogens is 184 g/mol. The Labute approximate surface area is 83.9 Å². The molecule has 3 N–H and O–H groups in total. The Kier molecular flexibility index (Phi) is 6.53. The van der Waals surface area contributed by atoms with Gasteiger partial charge >= 0.3 is 12.0 Å². The molecule has 5 nitrogen and oxygen atoms in total. The standard InChI is InChI=1S/C9H18N2O3/c1-3-4-5-10-9(14)11-6-7(2)8(12)13/h7H,3-6H2,1-2H3,(H,12,13)(H2,10,11,14). The van der Waals surface area contributed by atoms with Crippen molar-refractivity contribution in [1.82, 2.24) is 10.6 Å². The summed E-state index contributed by atoms with van der Waals surface area (Å²) >= 11 is 0. The molecule has 0 saturated carbocycles. The molecule has 1 atom stereocenters. The van der Waals surface area contributed by atoms with E-state index in [1.54, 1.807) is 6.92 Å². The maximum absolute atomic E-state index is 11.0. The fourth-order valence-electron chi connectivity index (χ4n) is 0.774. The van der Waals surface area contributed by atoms with Gasteiger partial charge in [0.25, 0.3) is 0 Å². The van der Waals surface area contributed by atoms with Gasteiger partial charge in [0.15, 0.2) is 0 Å². The molecule has 0 fully saturated rings. The van der Waals surface area contributed by atoms with E-state index in [1.165, 1.54) is 0 Å². The van der Waals surface area contributed by atoms with Crippen molar-refractivity contribution in [2.24, 2.45) is 5.92 Å². The summed E-state index contributed by atoms with van der Waals surface area (Å²) in [7, 11) is 0. The molecular formula is C9H18N2O3. The molecule has 1 unspecified atom stereocenters. The second kappa shape index (κ2) is 7.17. The van der Waals surface area contributed by atoms with Crippen LogP contribution in [0.15, 0.2) is 0 Å². The predicted molar refractivity (Wildman–Crippen MR) is 53.1 cm³/mol. The number of carbonyl (C=O) groups excluding carboxylic acids is 1. The molecule has 0 aliphatic rings. The van der Waals surface area contributed by atoms with Gasteiger partial charge in [-0.15, -0.1) is 0 Å². The normalized spacial score (nSPS) is 11.9. The molecule has 0 heterocycles. The van der Waals surface area contributed by atoms with Gasteiger partial charge in [-0.3, -0.25) is 4.79 Å². The molecule has 14 heavy (non-hydrogen) atoms. The number of carbonyl (C=O) groups is 2. The number of rotatable bonds is 6. The molecule has 0 aromatic rings. The number of amides is 2. The lowest BCUT2D eigenvalue weighted by molar-refractivity contribution is -0.140. The average molecular weight is 202 g/mol. The maximum Gasteiger partial charge on any atom is 0.314 e. The summed E-state index contributed by atoms with van der Waals surface area (Å²) in [6.07, 6.45) is 1.95. The summed E-state index contributed by atoms with van der Waals surface area (Å²) in [4.78, 5) is 21.4. The van der Waals surface area contributed by atoms with Crippen LogP contribution in [0, 0.1) is 5.92 Å². The van der Waals surface area contributed by atoms with Crippen LogP contribution in [0.4, 0.5) is 4.79 Å². The van der Waals surface area contributed by atoms with Crippen LogP contribution >= 0.6 is 0 Å². The first-order chi connectivity index (χ1) is 6.57. The molecule has 0 spiro atoms. The van der Waals surface area contributed by atoms with Crippen LogP contribution in [0.25, 0.3) is 0 Å². The lowest BCUT2D eigenvalue weighted by atomic mass is 10.2. The van der Waals surface area contributed by atoms with E-state index in [-0.39, 0.29) is 12.6 Å². The van der Waals surface area contributed by atoms with E-state index in [4.69, 9.17) is 5.11 Å². The van der Waals surface area contributed by atoms with Crippen molar-refractivity contribution in [2.45, 2.75) is 26.7 Å². The predicted octanol–water partition coefficient (Wildman–Crippen LogP) is 0.806. The second-order valence-corrected chi connectivity index (χ2v) is 3.23. The number of urea groups is 1. The first kappa shape index (κ1) is 12.7. The largest absolute Gasteiger partial charge is 0.481 e. The summed E-state index contributed by atoms with van der Waals surface area (Å²) in [6.45, 7) is 4.37. The first-order valence-corrected chi connectivity index (χ1v) is 4.82. The number of unbranched alkanes of at least 4 members (excludes halogenated alkanes) is 1. The van der Waals surface area contributed by atoms with Crippen LogP contribution in [-0.4, -0.2) is 30.2 Å². The highest BCUT2D eigenvalue weighted by Gasteiger charge is 2.11. The molecule has 0 aromatic heterocycles. The smallest absolute Gasteiger partial charge is 0.314 e. The number of hydrogen-bond acceptors (Lipinski definition) is 2. The Morgan fingerprint density at radius 3 is 2.50 bits per heavy atom. The van der Waals surface area contributed by atoms with Crippen molar-refractivity contribution in [1.29, 1.82) is 0 Å². The van der Waals surface area contributed by atoms with Gasteiger partial charge in [-0.2, -0.15) is 0 Å². The quantitative estimate of drug-likeness (QED) is 0.557. The Morgan fingerprint density at radius 1 is 1.36 bits per heavy atom. The topological polar surface area (TPSA) is 78.4 Å². The van der Waals surface area contributed by atoms with Gasteiger partial charge in [-0.25, -0.2) is 4.79 Å². The number of carboxylic acid groups (broad SMARTS) is 1. The van der Waals surface area contributed by atoms with E-state index in [0.717, 1.165) is 12.8 Å². The zero-order valence-electron chi connectivity index (χ0n) is 8.67. The van der Waals surface area contributed by atoms with Crippen molar-refractivity contribution >= 4 is 12.0 Å². The minimum Gasteiger partial charge on any atom is -0.481 e. The second-order valence-electron chi connectivity index (χ2n) is 3.23. The van der Waals surface area contributed by atoms with Crippen molar-refractivity contribution < 1.29 is 14.7 Å². The number of carboxylic acids is 1. The van der Waals surface area contributed by atoms with E-state index in [0.29, 0.717) is 6.54 Å². The minimum atomic E-state index is -0.904. The fourth-order valence-corrected chi connectivity index (χ4v) is 0.774. The third-order valence-electron chi connectivity index (χ3n) is 1.81. The van der Waals surface area contributed by atoms with E-state index in [9.17, 15) is 9.59 Å². The van der Waals surface area contributed by atoms with Gasteiger partial charge in [0, 0.05) is 13.1 Å². The van der Waals surface area contributed by atoms with Crippen LogP contribution in [0.2, 0.25) is 0 Å². The van der Waals surface area contributed by atoms with Gasteiger partial charge in [0.05, 0.1) is 5.92 Å². The van der Waals surface area contributed by atoms with Gasteiger partial charge in [0.2, 0.25) is 0 Å². The molecule has 0 rings (SSSR count). The fraction of sp³-hybridized carbons (Fsp3) is 0.778. The molecule has 5 heteroatoms. The Bertz CT molecular complexity index is 194. The molecule has 82 valence electrons.